The fourth-order valence-electron chi connectivity index (χ4n) is 2.22. The molecule has 1 fully saturated rings. The molecule has 0 aromatic carbocycles. The van der Waals surface area contributed by atoms with E-state index < -0.39 is 0 Å². The number of anilines is 1. The fraction of sp³-hybridized carbons (Fsp3) is 0.615. The maximum Gasteiger partial charge on any atom is 0.142 e. The number of hydrogen-bond donors (Lipinski definition) is 1. The summed E-state index contributed by atoms with van der Waals surface area (Å²) < 4.78 is 1.10. The molecule has 17 heavy (non-hydrogen) atoms. The fourth-order valence-corrected chi connectivity index (χ4v) is 2.94. The molecule has 0 radical (unpaired) electrons. The third-order valence-electron chi connectivity index (χ3n) is 3.73. The lowest BCUT2D eigenvalue weighted by Gasteiger charge is -2.40. The Morgan fingerprint density at radius 2 is 2.06 bits per heavy atom. The minimum atomic E-state index is 0.285. The highest BCUT2D eigenvalue weighted by molar-refractivity contribution is 9.10. The molecule has 1 saturated heterocycles. The second-order valence-corrected chi connectivity index (χ2v) is 5.97. The number of nitrogens with one attached hydrogen (secondary N) is 1. The van der Waals surface area contributed by atoms with E-state index in [0.717, 1.165) is 36.2 Å². The molecular weight excluding hydrogens is 278 g/mol. The van der Waals surface area contributed by atoms with E-state index in [1.165, 1.54) is 5.56 Å². The Bertz CT molecular complexity index is 398. The summed E-state index contributed by atoms with van der Waals surface area (Å²) >= 11 is 3.61. The summed E-state index contributed by atoms with van der Waals surface area (Å²) in [4.78, 5) is 6.90. The van der Waals surface area contributed by atoms with E-state index in [-0.39, 0.29) is 5.54 Å². The van der Waals surface area contributed by atoms with Gasteiger partial charge >= 0.3 is 0 Å². The van der Waals surface area contributed by atoms with Gasteiger partial charge in [-0.2, -0.15) is 0 Å². The average molecular weight is 298 g/mol. The van der Waals surface area contributed by atoms with Crippen LogP contribution in [0.15, 0.2) is 16.7 Å². The van der Waals surface area contributed by atoms with E-state index in [4.69, 9.17) is 0 Å². The Balaban J connectivity index is 2.10. The third kappa shape index (κ3) is 2.80. The summed E-state index contributed by atoms with van der Waals surface area (Å²) in [6, 6.07) is 2.13. The first kappa shape index (κ1) is 12.8. The first-order chi connectivity index (χ1) is 8.04. The van der Waals surface area contributed by atoms with Crippen LogP contribution >= 0.6 is 15.9 Å². The predicted molar refractivity (Wildman–Crippen MR) is 75.6 cm³/mol. The number of piperidine rings is 1. The van der Waals surface area contributed by atoms with Crippen molar-refractivity contribution in [3.63, 3.8) is 0 Å². The van der Waals surface area contributed by atoms with E-state index in [1.807, 2.05) is 6.20 Å². The summed E-state index contributed by atoms with van der Waals surface area (Å²) in [7, 11) is 2.05. The number of halogens is 1. The lowest BCUT2D eigenvalue weighted by atomic mass is 9.90. The average Bonchev–Trinajstić information content (AvgIpc) is 2.31. The van der Waals surface area contributed by atoms with Gasteiger partial charge in [0, 0.05) is 24.8 Å². The monoisotopic (exact) mass is 297 g/mol. The third-order valence-corrected chi connectivity index (χ3v) is 4.31. The maximum absolute atomic E-state index is 4.53. The van der Waals surface area contributed by atoms with Crippen LogP contribution in [-0.2, 0) is 0 Å². The molecule has 1 aromatic heterocycles. The van der Waals surface area contributed by atoms with Crippen molar-refractivity contribution < 1.29 is 0 Å². The molecule has 0 spiro atoms. The van der Waals surface area contributed by atoms with Crippen LogP contribution < -0.4 is 10.2 Å². The van der Waals surface area contributed by atoms with Crippen molar-refractivity contribution in [2.24, 2.45) is 0 Å². The minimum Gasteiger partial charge on any atom is -0.356 e. The Labute approximate surface area is 112 Å². The molecule has 0 amide bonds. The van der Waals surface area contributed by atoms with Crippen LogP contribution in [0.2, 0.25) is 0 Å². The number of hydrogen-bond acceptors (Lipinski definition) is 3. The smallest absolute Gasteiger partial charge is 0.142 e. The molecule has 4 heteroatoms. The molecule has 1 aromatic rings. The van der Waals surface area contributed by atoms with Gasteiger partial charge in [-0.25, -0.2) is 4.98 Å². The van der Waals surface area contributed by atoms with Crippen LogP contribution in [-0.4, -0.2) is 30.7 Å². The van der Waals surface area contributed by atoms with Gasteiger partial charge in [0.15, 0.2) is 0 Å². The van der Waals surface area contributed by atoms with Gasteiger partial charge in [-0.15, -0.1) is 0 Å². The molecular formula is C13H20BrN3. The SMILES string of the molecule is CNC1(C)CCN(c2ncc(C)cc2Br)CC1. The topological polar surface area (TPSA) is 28.2 Å². The standard InChI is InChI=1S/C13H20BrN3/c1-10-8-11(14)12(16-9-10)17-6-4-13(2,15-3)5-7-17/h8-9,15H,4-7H2,1-3H3. The van der Waals surface area contributed by atoms with Gasteiger partial charge in [-0.3, -0.25) is 0 Å². The Morgan fingerprint density at radius 1 is 1.41 bits per heavy atom. The molecule has 2 rings (SSSR count). The molecule has 1 aliphatic rings. The van der Waals surface area contributed by atoms with Crippen LogP contribution in [0.1, 0.15) is 25.3 Å². The van der Waals surface area contributed by atoms with Crippen molar-refractivity contribution in [3.05, 3.63) is 22.3 Å². The molecule has 0 atom stereocenters. The first-order valence-electron chi connectivity index (χ1n) is 6.10. The van der Waals surface area contributed by atoms with Gasteiger partial charge in [0.25, 0.3) is 0 Å². The zero-order valence-corrected chi connectivity index (χ0v) is 12.3. The summed E-state index contributed by atoms with van der Waals surface area (Å²) in [6.07, 6.45) is 4.25. The maximum atomic E-state index is 4.53. The second kappa shape index (κ2) is 4.94. The number of rotatable bonds is 2. The van der Waals surface area contributed by atoms with Crippen molar-refractivity contribution in [2.45, 2.75) is 32.2 Å². The van der Waals surface area contributed by atoms with E-state index >= 15 is 0 Å². The largest absolute Gasteiger partial charge is 0.356 e. The predicted octanol–water partition coefficient (Wildman–Crippen LogP) is 2.73. The van der Waals surface area contributed by atoms with Crippen molar-refractivity contribution in [3.8, 4) is 0 Å². The number of aromatic nitrogens is 1. The lowest BCUT2D eigenvalue weighted by Crippen LogP contribution is -2.50. The van der Waals surface area contributed by atoms with Crippen LogP contribution in [0.4, 0.5) is 5.82 Å². The minimum absolute atomic E-state index is 0.285. The molecule has 3 nitrogen and oxygen atoms in total. The van der Waals surface area contributed by atoms with E-state index in [9.17, 15) is 0 Å². The molecule has 1 N–H and O–H groups in total. The summed E-state index contributed by atoms with van der Waals surface area (Å²) in [5.74, 6) is 1.08. The van der Waals surface area contributed by atoms with Crippen LogP contribution in [0, 0.1) is 6.92 Å². The quantitative estimate of drug-likeness (QED) is 0.910. The molecule has 0 unspecified atom stereocenters. The van der Waals surface area contributed by atoms with E-state index in [0.29, 0.717) is 0 Å². The van der Waals surface area contributed by atoms with Gasteiger partial charge < -0.3 is 10.2 Å². The molecule has 94 valence electrons. The molecule has 0 bridgehead atoms. The van der Waals surface area contributed by atoms with Gasteiger partial charge in [0.2, 0.25) is 0 Å². The second-order valence-electron chi connectivity index (χ2n) is 5.12. The van der Waals surface area contributed by atoms with E-state index in [2.05, 4.69) is 58.1 Å². The Kier molecular flexibility index (Phi) is 3.73. The number of nitrogens with zero attached hydrogens (tertiary/aromatic N) is 2. The Hall–Kier alpha value is -0.610. The Morgan fingerprint density at radius 3 is 2.59 bits per heavy atom. The van der Waals surface area contributed by atoms with Crippen molar-refractivity contribution >= 4 is 21.7 Å². The summed E-state index contributed by atoms with van der Waals surface area (Å²) in [6.45, 7) is 6.48. The van der Waals surface area contributed by atoms with E-state index in [1.54, 1.807) is 0 Å². The van der Waals surface area contributed by atoms with Crippen LogP contribution in [0.25, 0.3) is 0 Å². The zero-order chi connectivity index (χ0) is 12.5. The van der Waals surface area contributed by atoms with Gasteiger partial charge in [0.1, 0.15) is 5.82 Å². The summed E-state index contributed by atoms with van der Waals surface area (Å²) in [5, 5.41) is 3.42. The lowest BCUT2D eigenvalue weighted by molar-refractivity contribution is 0.304. The number of aryl methyl sites for hydroxylation is 1. The molecule has 2 heterocycles. The highest BCUT2D eigenvalue weighted by Crippen LogP contribution is 2.29. The molecule has 0 aliphatic carbocycles. The molecule has 1 aliphatic heterocycles. The normalized spacial score (nSPS) is 19.4. The first-order valence-corrected chi connectivity index (χ1v) is 6.89. The van der Waals surface area contributed by atoms with Crippen molar-refractivity contribution in [1.82, 2.24) is 10.3 Å². The molecule has 0 saturated carbocycles. The highest BCUT2D eigenvalue weighted by atomic mass is 79.9. The highest BCUT2D eigenvalue weighted by Gasteiger charge is 2.29. The van der Waals surface area contributed by atoms with Crippen LogP contribution in [0.5, 0.6) is 0 Å². The zero-order valence-electron chi connectivity index (χ0n) is 10.8. The van der Waals surface area contributed by atoms with Gasteiger partial charge in [-0.1, -0.05) is 0 Å². The van der Waals surface area contributed by atoms with Gasteiger partial charge in [-0.05, 0) is 61.3 Å². The van der Waals surface area contributed by atoms with Crippen molar-refractivity contribution in [2.75, 3.05) is 25.0 Å². The van der Waals surface area contributed by atoms with Crippen LogP contribution in [0.3, 0.4) is 0 Å². The summed E-state index contributed by atoms with van der Waals surface area (Å²) in [5.41, 5.74) is 1.48. The van der Waals surface area contributed by atoms with Crippen molar-refractivity contribution in [1.29, 1.82) is 0 Å². The number of pyridine rings is 1. The van der Waals surface area contributed by atoms with Gasteiger partial charge in [0.05, 0.1) is 4.47 Å².